The monoisotopic (exact) mass is 386 g/mol. The van der Waals surface area contributed by atoms with Gasteiger partial charge in [-0.05, 0) is 26.0 Å². The van der Waals surface area contributed by atoms with Crippen LogP contribution in [0.3, 0.4) is 0 Å². The van der Waals surface area contributed by atoms with Crippen LogP contribution in [0.2, 0.25) is 0 Å². The van der Waals surface area contributed by atoms with Crippen LogP contribution in [-0.2, 0) is 19.5 Å². The molecule has 2 aromatic carbocycles. The minimum absolute atomic E-state index is 0. The summed E-state index contributed by atoms with van der Waals surface area (Å²) in [7, 11) is 0. The van der Waals surface area contributed by atoms with Gasteiger partial charge in [-0.1, -0.05) is 36.4 Å². The molecule has 25 heavy (non-hydrogen) atoms. The maximum absolute atomic E-state index is 11.1. The van der Waals surface area contributed by atoms with Crippen molar-refractivity contribution in [2.45, 2.75) is 13.8 Å². The molecule has 0 atom stereocenters. The zero-order valence-corrected chi connectivity index (χ0v) is 16.8. The van der Waals surface area contributed by atoms with Crippen LogP contribution in [0.1, 0.15) is 34.6 Å². The van der Waals surface area contributed by atoms with Crippen molar-refractivity contribution in [2.75, 3.05) is 0 Å². The van der Waals surface area contributed by atoms with E-state index in [4.69, 9.17) is 0 Å². The van der Waals surface area contributed by atoms with Crippen molar-refractivity contribution in [2.24, 2.45) is 9.98 Å². The first kappa shape index (κ1) is 20.4. The van der Waals surface area contributed by atoms with E-state index < -0.39 is 11.9 Å². The van der Waals surface area contributed by atoms with E-state index in [0.29, 0.717) is 11.4 Å². The van der Waals surface area contributed by atoms with Gasteiger partial charge >= 0.3 is 19.5 Å². The Morgan fingerprint density at radius 2 is 1.04 bits per heavy atom. The molecule has 0 amide bonds. The number of benzene rings is 2. The van der Waals surface area contributed by atoms with E-state index in [1.165, 1.54) is 12.1 Å². The predicted octanol–water partition coefficient (Wildman–Crippen LogP) is 1.30. The number of hydrogen-bond donors (Lipinski definition) is 0. The van der Waals surface area contributed by atoms with E-state index in [2.05, 4.69) is 9.98 Å². The van der Waals surface area contributed by atoms with Gasteiger partial charge in [0.15, 0.2) is 0 Å². The van der Waals surface area contributed by atoms with Gasteiger partial charge in [0, 0.05) is 11.1 Å². The van der Waals surface area contributed by atoms with Crippen molar-refractivity contribution < 1.29 is 39.3 Å². The molecule has 7 heteroatoms. The average Bonchev–Trinajstić information content (AvgIpc) is 2.55. The van der Waals surface area contributed by atoms with Crippen molar-refractivity contribution in [3.63, 3.8) is 0 Å². The second-order valence-electron chi connectivity index (χ2n) is 5.00. The minimum atomic E-state index is -1.32. The van der Waals surface area contributed by atoms with Crippen molar-refractivity contribution in [1.82, 2.24) is 0 Å². The standard InChI is InChI=1S/C18H16N2O4.Zn/c1-11(19-15-9-5-3-7-13(15)17(21)22)12(2)20-16-10-6-4-8-14(16)18(23)24;/h3-10H,1-2H3,(H,21,22)(H,23,24);/q;+2/p-2. The third kappa shape index (κ3) is 5.16. The molecular formula is C18H14N2O4Zn. The summed E-state index contributed by atoms with van der Waals surface area (Å²) in [6.45, 7) is 3.32. The number of nitrogens with zero attached hydrogens (tertiary/aromatic N) is 2. The van der Waals surface area contributed by atoms with Gasteiger partial charge in [-0.15, -0.1) is 0 Å². The number of para-hydroxylation sites is 2. The molecule has 0 N–H and O–H groups in total. The predicted molar refractivity (Wildman–Crippen MR) is 87.1 cm³/mol. The number of hydrogen-bond acceptors (Lipinski definition) is 6. The van der Waals surface area contributed by atoms with Crippen LogP contribution in [-0.4, -0.2) is 23.4 Å². The van der Waals surface area contributed by atoms with Crippen LogP contribution in [0.15, 0.2) is 58.5 Å². The fraction of sp³-hybridized carbons (Fsp3) is 0.111. The summed E-state index contributed by atoms with van der Waals surface area (Å²) in [5.41, 5.74) is 1.35. The van der Waals surface area contributed by atoms with E-state index in [1.54, 1.807) is 50.2 Å². The SMILES string of the molecule is CC(=Nc1ccccc1C(=O)[O-])C(C)=Nc1ccccc1C(=O)[O-].[Zn+2]. The summed E-state index contributed by atoms with van der Waals surface area (Å²) in [4.78, 5) is 30.7. The first-order valence-corrected chi connectivity index (χ1v) is 7.12. The molecule has 6 nitrogen and oxygen atoms in total. The molecule has 0 radical (unpaired) electrons. The molecule has 0 fully saturated rings. The number of aromatic carboxylic acids is 2. The first-order valence-electron chi connectivity index (χ1n) is 7.12. The van der Waals surface area contributed by atoms with Crippen LogP contribution in [0.4, 0.5) is 11.4 Å². The summed E-state index contributed by atoms with van der Waals surface area (Å²) < 4.78 is 0. The third-order valence-corrected chi connectivity index (χ3v) is 3.35. The van der Waals surface area contributed by atoms with E-state index in [1.807, 2.05) is 0 Å². The maximum Gasteiger partial charge on any atom is 2.00 e. The van der Waals surface area contributed by atoms with Crippen LogP contribution in [0.25, 0.3) is 0 Å². The molecule has 0 aromatic heterocycles. The molecule has 2 aromatic rings. The van der Waals surface area contributed by atoms with E-state index in [0.717, 1.165) is 0 Å². The fourth-order valence-corrected chi connectivity index (χ4v) is 2.01. The quantitative estimate of drug-likeness (QED) is 0.569. The molecule has 0 aliphatic rings. The van der Waals surface area contributed by atoms with E-state index >= 15 is 0 Å². The first-order chi connectivity index (χ1) is 11.4. The number of aliphatic imine (C=N–C) groups is 2. The topological polar surface area (TPSA) is 105 Å². The van der Waals surface area contributed by atoms with Crippen LogP contribution in [0.5, 0.6) is 0 Å². The third-order valence-electron chi connectivity index (χ3n) is 3.35. The zero-order chi connectivity index (χ0) is 17.7. The molecule has 0 saturated heterocycles. The second-order valence-corrected chi connectivity index (χ2v) is 5.00. The van der Waals surface area contributed by atoms with Crippen molar-refractivity contribution in [3.05, 3.63) is 59.7 Å². The Hall–Kier alpha value is -2.66. The molecule has 0 saturated carbocycles. The van der Waals surface area contributed by atoms with E-state index in [9.17, 15) is 19.8 Å². The molecule has 0 bridgehead atoms. The van der Waals surface area contributed by atoms with Gasteiger partial charge in [0.25, 0.3) is 0 Å². The average molecular weight is 388 g/mol. The Morgan fingerprint density at radius 1 is 0.720 bits per heavy atom. The summed E-state index contributed by atoms with van der Waals surface area (Å²) >= 11 is 0. The number of carboxylic acid groups (broad SMARTS) is 2. The Kier molecular flexibility index (Phi) is 7.33. The molecule has 0 spiro atoms. The van der Waals surface area contributed by atoms with Crippen LogP contribution < -0.4 is 10.2 Å². The molecule has 2 rings (SSSR count). The summed E-state index contributed by atoms with van der Waals surface area (Å²) in [5, 5.41) is 22.2. The molecular weight excluding hydrogens is 374 g/mol. The second kappa shape index (κ2) is 8.99. The van der Waals surface area contributed by atoms with Crippen molar-refractivity contribution in [1.29, 1.82) is 0 Å². The molecule has 0 heterocycles. The summed E-state index contributed by atoms with van der Waals surface area (Å²) in [5.74, 6) is -2.64. The normalized spacial score (nSPS) is 11.6. The minimum Gasteiger partial charge on any atom is -0.545 e. The van der Waals surface area contributed by atoms with Crippen LogP contribution in [0, 0.1) is 0 Å². The zero-order valence-electron chi connectivity index (χ0n) is 13.9. The molecule has 122 valence electrons. The van der Waals surface area contributed by atoms with Crippen molar-refractivity contribution in [3.8, 4) is 0 Å². The Labute approximate surface area is 157 Å². The van der Waals surface area contributed by atoms with Gasteiger partial charge < -0.3 is 19.8 Å². The van der Waals surface area contributed by atoms with Gasteiger partial charge in [0.2, 0.25) is 0 Å². The molecule has 0 unspecified atom stereocenters. The molecule has 0 aliphatic carbocycles. The largest absolute Gasteiger partial charge is 2.00 e. The van der Waals surface area contributed by atoms with Gasteiger partial charge in [-0.3, -0.25) is 9.98 Å². The molecule has 0 aliphatic heterocycles. The van der Waals surface area contributed by atoms with Gasteiger partial charge in [-0.2, -0.15) is 0 Å². The number of rotatable bonds is 5. The fourth-order valence-electron chi connectivity index (χ4n) is 2.01. The van der Waals surface area contributed by atoms with E-state index in [-0.39, 0.29) is 42.0 Å². The smallest absolute Gasteiger partial charge is 0.545 e. The Bertz CT molecular complexity index is 788. The van der Waals surface area contributed by atoms with Crippen molar-refractivity contribution >= 4 is 34.7 Å². The van der Waals surface area contributed by atoms with Gasteiger partial charge in [0.1, 0.15) is 0 Å². The summed E-state index contributed by atoms with van der Waals surface area (Å²) in [6, 6.07) is 12.4. The Morgan fingerprint density at radius 3 is 1.36 bits per heavy atom. The van der Waals surface area contributed by atoms with Gasteiger partial charge in [-0.25, -0.2) is 0 Å². The maximum atomic E-state index is 11.1. The number of carbonyl (C=O) groups excluding carboxylic acids is 2. The summed E-state index contributed by atoms with van der Waals surface area (Å²) in [6.07, 6.45) is 0. The van der Waals surface area contributed by atoms with Gasteiger partial charge in [0.05, 0.1) is 34.7 Å². The number of carbonyl (C=O) groups is 2. The van der Waals surface area contributed by atoms with Crippen LogP contribution >= 0.6 is 0 Å². The Balaban J connectivity index is 0.00000312. The number of carboxylic acids is 2.